The lowest BCUT2D eigenvalue weighted by Gasteiger charge is -2.12. The Labute approximate surface area is 193 Å². The van der Waals surface area contributed by atoms with Gasteiger partial charge in [0.2, 0.25) is 5.43 Å². The Morgan fingerprint density at radius 3 is 2.71 bits per heavy atom. The molecule has 0 fully saturated rings. The lowest BCUT2D eigenvalue weighted by atomic mass is 9.99. The highest BCUT2D eigenvalue weighted by Gasteiger charge is 2.18. The third-order valence-electron chi connectivity index (χ3n) is 5.82. The summed E-state index contributed by atoms with van der Waals surface area (Å²) in [6, 6.07) is 20.1. The van der Waals surface area contributed by atoms with Gasteiger partial charge in [0, 0.05) is 35.6 Å². The van der Waals surface area contributed by atoms with E-state index in [0.717, 1.165) is 27.8 Å². The van der Waals surface area contributed by atoms with Gasteiger partial charge in [0.15, 0.2) is 5.76 Å². The van der Waals surface area contributed by atoms with Crippen LogP contribution in [-0.4, -0.2) is 19.5 Å². The van der Waals surface area contributed by atoms with E-state index in [4.69, 9.17) is 9.40 Å². The molecule has 7 nitrogen and oxygen atoms in total. The number of hydrogen-bond acceptors (Lipinski definition) is 5. The SMILES string of the molecule is Cc1ccc(-c2nc3[nH]cc(-n4ccccc4=O)c(=O)c3cc2-c2ccc3ncccc3c2)o1. The number of aromatic nitrogens is 4. The first-order valence-electron chi connectivity index (χ1n) is 10.7. The van der Waals surface area contributed by atoms with Gasteiger partial charge in [-0.3, -0.25) is 19.1 Å². The summed E-state index contributed by atoms with van der Waals surface area (Å²) in [4.78, 5) is 38.1. The smallest absolute Gasteiger partial charge is 0.255 e. The minimum atomic E-state index is -0.291. The van der Waals surface area contributed by atoms with Crippen LogP contribution in [0.15, 0.2) is 99.3 Å². The molecule has 1 aromatic carbocycles. The van der Waals surface area contributed by atoms with Crippen LogP contribution in [0.4, 0.5) is 0 Å². The number of aryl methyl sites for hydroxylation is 1. The first-order chi connectivity index (χ1) is 16.6. The standard InChI is InChI=1S/C27H18N4O3/c1-16-7-10-23(34-16)25-19(17-8-9-21-18(13-17)5-4-11-28-21)14-20-26(33)22(15-29-27(20)30-25)31-12-3-2-6-24(31)32/h2-15H,1H3,(H,29,30,33). The van der Waals surface area contributed by atoms with Crippen molar-refractivity contribution in [2.24, 2.45) is 0 Å². The second-order valence-corrected chi connectivity index (χ2v) is 8.01. The summed E-state index contributed by atoms with van der Waals surface area (Å²) in [5.41, 5.74) is 3.17. The zero-order valence-electron chi connectivity index (χ0n) is 18.1. The second-order valence-electron chi connectivity index (χ2n) is 8.01. The molecule has 5 heterocycles. The molecule has 1 N–H and O–H groups in total. The van der Waals surface area contributed by atoms with Crippen LogP contribution >= 0.6 is 0 Å². The average molecular weight is 446 g/mol. The van der Waals surface area contributed by atoms with E-state index in [1.54, 1.807) is 24.5 Å². The largest absolute Gasteiger partial charge is 0.460 e. The Morgan fingerprint density at radius 2 is 1.88 bits per heavy atom. The Morgan fingerprint density at radius 1 is 0.971 bits per heavy atom. The highest BCUT2D eigenvalue weighted by Crippen LogP contribution is 2.34. The van der Waals surface area contributed by atoms with Crippen molar-refractivity contribution >= 4 is 21.9 Å². The van der Waals surface area contributed by atoms with Crippen molar-refractivity contribution in [2.75, 3.05) is 0 Å². The maximum atomic E-state index is 13.5. The van der Waals surface area contributed by atoms with E-state index >= 15 is 0 Å². The molecule has 0 unspecified atom stereocenters. The topological polar surface area (TPSA) is 93.8 Å². The highest BCUT2D eigenvalue weighted by molar-refractivity contribution is 5.93. The van der Waals surface area contributed by atoms with Crippen molar-refractivity contribution in [3.05, 3.63) is 112 Å². The summed E-state index contributed by atoms with van der Waals surface area (Å²) < 4.78 is 7.22. The number of benzene rings is 1. The Balaban J connectivity index is 1.66. The van der Waals surface area contributed by atoms with Gasteiger partial charge in [0.05, 0.1) is 10.9 Å². The minimum absolute atomic E-state index is 0.232. The fraction of sp³-hybridized carbons (Fsp3) is 0.0370. The minimum Gasteiger partial charge on any atom is -0.460 e. The van der Waals surface area contributed by atoms with Crippen molar-refractivity contribution in [1.82, 2.24) is 19.5 Å². The molecule has 0 amide bonds. The zero-order chi connectivity index (χ0) is 23.2. The molecule has 0 radical (unpaired) electrons. The number of H-pyrrole nitrogens is 1. The molecule has 0 saturated heterocycles. The fourth-order valence-electron chi connectivity index (χ4n) is 4.15. The summed E-state index contributed by atoms with van der Waals surface area (Å²) in [6.45, 7) is 1.87. The Hall–Kier alpha value is -4.78. The molecule has 0 spiro atoms. The van der Waals surface area contributed by atoms with Crippen LogP contribution in [0.2, 0.25) is 0 Å². The first-order valence-corrected chi connectivity index (χ1v) is 10.7. The van der Waals surface area contributed by atoms with Crippen LogP contribution < -0.4 is 11.0 Å². The monoisotopic (exact) mass is 446 g/mol. The van der Waals surface area contributed by atoms with Crippen molar-refractivity contribution in [1.29, 1.82) is 0 Å². The predicted octanol–water partition coefficient (Wildman–Crippen LogP) is 4.86. The van der Waals surface area contributed by atoms with Crippen LogP contribution in [0.25, 0.3) is 50.2 Å². The van der Waals surface area contributed by atoms with Gasteiger partial charge in [-0.25, -0.2) is 4.98 Å². The summed E-state index contributed by atoms with van der Waals surface area (Å²) >= 11 is 0. The Bertz CT molecular complexity index is 1830. The first kappa shape index (κ1) is 19.9. The number of nitrogens with zero attached hydrogens (tertiary/aromatic N) is 3. The maximum absolute atomic E-state index is 13.5. The number of aromatic amines is 1. The molecule has 34 heavy (non-hydrogen) atoms. The Kier molecular flexibility index (Phi) is 4.48. The maximum Gasteiger partial charge on any atom is 0.255 e. The van der Waals surface area contributed by atoms with E-state index in [0.29, 0.717) is 22.5 Å². The van der Waals surface area contributed by atoms with Crippen LogP contribution in [-0.2, 0) is 0 Å². The molecule has 0 aliphatic rings. The lowest BCUT2D eigenvalue weighted by Crippen LogP contribution is -2.23. The highest BCUT2D eigenvalue weighted by atomic mass is 16.3. The van der Waals surface area contributed by atoms with Crippen molar-refractivity contribution in [3.63, 3.8) is 0 Å². The summed E-state index contributed by atoms with van der Waals surface area (Å²) in [5.74, 6) is 1.36. The molecule has 6 rings (SSSR count). The summed E-state index contributed by atoms with van der Waals surface area (Å²) in [7, 11) is 0. The number of hydrogen-bond donors (Lipinski definition) is 1. The number of pyridine rings is 4. The molecular formula is C27H18N4O3. The van der Waals surface area contributed by atoms with Crippen molar-refractivity contribution < 1.29 is 4.42 Å². The van der Waals surface area contributed by atoms with Gasteiger partial charge in [-0.2, -0.15) is 0 Å². The van der Waals surface area contributed by atoms with Gasteiger partial charge in [-0.15, -0.1) is 0 Å². The number of fused-ring (bicyclic) bond motifs is 2. The van der Waals surface area contributed by atoms with E-state index in [1.165, 1.54) is 16.8 Å². The van der Waals surface area contributed by atoms with Gasteiger partial charge >= 0.3 is 0 Å². The van der Waals surface area contributed by atoms with Crippen LogP contribution in [0.3, 0.4) is 0 Å². The van der Waals surface area contributed by atoms with E-state index < -0.39 is 0 Å². The molecule has 0 aliphatic heterocycles. The van der Waals surface area contributed by atoms with Gasteiger partial charge in [0.1, 0.15) is 22.8 Å². The van der Waals surface area contributed by atoms with Crippen LogP contribution in [0.5, 0.6) is 0 Å². The van der Waals surface area contributed by atoms with Crippen molar-refractivity contribution in [3.8, 4) is 28.3 Å². The number of nitrogens with one attached hydrogen (secondary N) is 1. The molecule has 0 atom stereocenters. The van der Waals surface area contributed by atoms with E-state index in [2.05, 4.69) is 9.97 Å². The van der Waals surface area contributed by atoms with E-state index in [-0.39, 0.29) is 16.7 Å². The number of rotatable bonds is 3. The molecular weight excluding hydrogens is 428 g/mol. The van der Waals surface area contributed by atoms with E-state index in [9.17, 15) is 9.59 Å². The average Bonchev–Trinajstić information content (AvgIpc) is 3.30. The van der Waals surface area contributed by atoms with Gasteiger partial charge in [0.25, 0.3) is 5.56 Å². The molecule has 7 heteroatoms. The fourth-order valence-corrected chi connectivity index (χ4v) is 4.15. The van der Waals surface area contributed by atoms with E-state index in [1.807, 2.05) is 55.5 Å². The number of furan rings is 1. The third-order valence-corrected chi connectivity index (χ3v) is 5.82. The van der Waals surface area contributed by atoms with Crippen LogP contribution in [0, 0.1) is 6.92 Å². The molecule has 6 aromatic rings. The molecule has 0 saturated carbocycles. The molecule has 0 aliphatic carbocycles. The van der Waals surface area contributed by atoms with Crippen molar-refractivity contribution in [2.45, 2.75) is 6.92 Å². The summed E-state index contributed by atoms with van der Waals surface area (Å²) in [5, 5.41) is 1.35. The van der Waals surface area contributed by atoms with Gasteiger partial charge in [-0.05, 0) is 55.0 Å². The quantitative estimate of drug-likeness (QED) is 0.419. The summed E-state index contributed by atoms with van der Waals surface area (Å²) in [6.07, 6.45) is 4.84. The van der Waals surface area contributed by atoms with Gasteiger partial charge in [-0.1, -0.05) is 18.2 Å². The predicted molar refractivity (Wildman–Crippen MR) is 131 cm³/mol. The van der Waals surface area contributed by atoms with Crippen LogP contribution in [0.1, 0.15) is 5.76 Å². The molecule has 164 valence electrons. The normalized spacial score (nSPS) is 11.3. The van der Waals surface area contributed by atoms with Gasteiger partial charge < -0.3 is 9.40 Å². The molecule has 0 bridgehead atoms. The molecule has 5 aromatic heterocycles. The second kappa shape index (κ2) is 7.67. The third kappa shape index (κ3) is 3.22. The lowest BCUT2D eigenvalue weighted by molar-refractivity contribution is 0.547. The zero-order valence-corrected chi connectivity index (χ0v) is 18.1.